The molecule has 0 saturated heterocycles. The average Bonchev–Trinajstić information content (AvgIpc) is 2.76. The second-order valence-corrected chi connectivity index (χ2v) is 3.44. The Kier molecular flexibility index (Phi) is 3.15. The number of rotatable bonds is 4. The number of aryl methyl sites for hydroxylation is 1. The molecular weight excluding hydrogens is 188 g/mol. The molecule has 3 nitrogen and oxygen atoms in total. The van der Waals surface area contributed by atoms with Crippen LogP contribution in [0.3, 0.4) is 0 Å². The van der Waals surface area contributed by atoms with Crippen molar-refractivity contribution in [1.82, 2.24) is 9.55 Å². The summed E-state index contributed by atoms with van der Waals surface area (Å²) in [6, 6.07) is 10.1. The Morgan fingerprint density at radius 1 is 1.20 bits per heavy atom. The maximum absolute atomic E-state index is 8.72. The number of aliphatic hydroxyl groups excluding tert-OH is 1. The lowest BCUT2D eigenvalue weighted by Crippen LogP contribution is -1.96. The summed E-state index contributed by atoms with van der Waals surface area (Å²) < 4.78 is 2.00. The van der Waals surface area contributed by atoms with Crippen molar-refractivity contribution in [1.29, 1.82) is 0 Å². The Labute approximate surface area is 89.0 Å². The predicted molar refractivity (Wildman–Crippen MR) is 59.4 cm³/mol. The first kappa shape index (κ1) is 9.93. The number of hydrogen-bond acceptors (Lipinski definition) is 2. The van der Waals surface area contributed by atoms with E-state index >= 15 is 0 Å². The van der Waals surface area contributed by atoms with Gasteiger partial charge in [-0.15, -0.1) is 0 Å². The highest BCUT2D eigenvalue weighted by Gasteiger charge is 2.00. The van der Waals surface area contributed by atoms with Crippen LogP contribution in [0.5, 0.6) is 0 Å². The van der Waals surface area contributed by atoms with Gasteiger partial charge in [-0.1, -0.05) is 30.3 Å². The Hall–Kier alpha value is -1.61. The monoisotopic (exact) mass is 202 g/mol. The highest BCUT2D eigenvalue weighted by molar-refractivity contribution is 5.57. The van der Waals surface area contributed by atoms with Gasteiger partial charge in [-0.05, 0) is 6.42 Å². The molecule has 0 saturated carbocycles. The molecule has 1 aromatic carbocycles. The van der Waals surface area contributed by atoms with Gasteiger partial charge in [0.25, 0.3) is 0 Å². The van der Waals surface area contributed by atoms with E-state index < -0.39 is 0 Å². The summed E-state index contributed by atoms with van der Waals surface area (Å²) in [4.78, 5) is 4.32. The van der Waals surface area contributed by atoms with Gasteiger partial charge in [-0.25, -0.2) is 4.98 Å². The van der Waals surface area contributed by atoms with Gasteiger partial charge in [0.1, 0.15) is 0 Å². The minimum absolute atomic E-state index is 0.221. The Bertz CT molecular complexity index is 409. The van der Waals surface area contributed by atoms with Crippen LogP contribution in [-0.4, -0.2) is 21.3 Å². The third-order valence-corrected chi connectivity index (χ3v) is 2.28. The van der Waals surface area contributed by atoms with Crippen molar-refractivity contribution in [3.63, 3.8) is 0 Å². The zero-order chi connectivity index (χ0) is 10.5. The number of benzene rings is 1. The van der Waals surface area contributed by atoms with Crippen molar-refractivity contribution in [3.05, 3.63) is 42.9 Å². The minimum atomic E-state index is 0.221. The van der Waals surface area contributed by atoms with Crippen molar-refractivity contribution in [2.24, 2.45) is 0 Å². The van der Waals surface area contributed by atoms with E-state index in [1.807, 2.05) is 41.1 Å². The summed E-state index contributed by atoms with van der Waals surface area (Å²) in [6.45, 7) is 1.04. The van der Waals surface area contributed by atoms with E-state index in [-0.39, 0.29) is 6.61 Å². The molecule has 15 heavy (non-hydrogen) atoms. The third kappa shape index (κ3) is 2.44. The molecule has 78 valence electrons. The number of nitrogens with zero attached hydrogens (tertiary/aromatic N) is 2. The van der Waals surface area contributed by atoms with Crippen molar-refractivity contribution in [2.45, 2.75) is 13.0 Å². The molecule has 0 bridgehead atoms. The molecule has 0 amide bonds. The number of aromatic nitrogens is 2. The lowest BCUT2D eigenvalue weighted by atomic mass is 10.2. The van der Waals surface area contributed by atoms with Gasteiger partial charge >= 0.3 is 0 Å². The fraction of sp³-hybridized carbons (Fsp3) is 0.250. The molecule has 2 aromatic rings. The molecule has 1 heterocycles. The van der Waals surface area contributed by atoms with Gasteiger partial charge in [0.15, 0.2) is 0 Å². The Morgan fingerprint density at radius 2 is 2.00 bits per heavy atom. The van der Waals surface area contributed by atoms with Crippen molar-refractivity contribution in [2.75, 3.05) is 6.61 Å². The standard InChI is InChI=1S/C12H14N2O/c15-8-4-7-14-9-12(13-10-14)11-5-2-1-3-6-11/h1-3,5-6,9-10,15H,4,7-8H2. The molecule has 0 fully saturated rings. The maximum atomic E-state index is 8.72. The largest absolute Gasteiger partial charge is 0.396 e. The van der Waals surface area contributed by atoms with Crippen LogP contribution >= 0.6 is 0 Å². The minimum Gasteiger partial charge on any atom is -0.396 e. The van der Waals surface area contributed by atoms with Gasteiger partial charge in [0, 0.05) is 24.9 Å². The van der Waals surface area contributed by atoms with E-state index in [4.69, 9.17) is 5.11 Å². The van der Waals surface area contributed by atoms with Crippen LogP contribution in [0.2, 0.25) is 0 Å². The summed E-state index contributed by atoms with van der Waals surface area (Å²) in [7, 11) is 0. The Balaban J connectivity index is 2.14. The van der Waals surface area contributed by atoms with E-state index in [0.717, 1.165) is 24.2 Å². The van der Waals surface area contributed by atoms with Crippen LogP contribution in [0.25, 0.3) is 11.3 Å². The van der Waals surface area contributed by atoms with Crippen molar-refractivity contribution in [3.8, 4) is 11.3 Å². The molecule has 0 spiro atoms. The fourth-order valence-electron chi connectivity index (χ4n) is 1.49. The highest BCUT2D eigenvalue weighted by Crippen LogP contribution is 2.15. The molecule has 0 aliphatic rings. The lowest BCUT2D eigenvalue weighted by Gasteiger charge is -1.98. The quantitative estimate of drug-likeness (QED) is 0.822. The molecule has 0 atom stereocenters. The molecule has 1 aromatic heterocycles. The fourth-order valence-corrected chi connectivity index (χ4v) is 1.49. The van der Waals surface area contributed by atoms with Crippen LogP contribution in [0.1, 0.15) is 6.42 Å². The van der Waals surface area contributed by atoms with E-state index in [1.54, 1.807) is 6.33 Å². The first-order chi connectivity index (χ1) is 7.40. The first-order valence-electron chi connectivity index (χ1n) is 5.08. The van der Waals surface area contributed by atoms with Crippen LogP contribution < -0.4 is 0 Å². The normalized spacial score (nSPS) is 10.5. The number of imidazole rings is 1. The molecule has 0 unspecified atom stereocenters. The van der Waals surface area contributed by atoms with E-state index in [2.05, 4.69) is 4.98 Å². The predicted octanol–water partition coefficient (Wildman–Crippen LogP) is 1.93. The second-order valence-electron chi connectivity index (χ2n) is 3.44. The van der Waals surface area contributed by atoms with Crippen LogP contribution in [-0.2, 0) is 6.54 Å². The van der Waals surface area contributed by atoms with Gasteiger partial charge in [-0.2, -0.15) is 0 Å². The van der Waals surface area contributed by atoms with Crippen molar-refractivity contribution < 1.29 is 5.11 Å². The molecular formula is C12H14N2O. The molecule has 2 rings (SSSR count). The molecule has 0 aliphatic carbocycles. The first-order valence-corrected chi connectivity index (χ1v) is 5.08. The number of hydrogen-bond donors (Lipinski definition) is 1. The average molecular weight is 202 g/mol. The molecule has 0 radical (unpaired) electrons. The SMILES string of the molecule is OCCCn1cnc(-c2ccccc2)c1. The van der Waals surface area contributed by atoms with E-state index in [1.165, 1.54) is 0 Å². The summed E-state index contributed by atoms with van der Waals surface area (Å²) in [5, 5.41) is 8.72. The zero-order valence-electron chi connectivity index (χ0n) is 8.50. The summed E-state index contributed by atoms with van der Waals surface area (Å²) in [5.41, 5.74) is 2.11. The smallest absolute Gasteiger partial charge is 0.0953 e. The summed E-state index contributed by atoms with van der Waals surface area (Å²) in [6.07, 6.45) is 4.58. The van der Waals surface area contributed by atoms with Crippen LogP contribution in [0.4, 0.5) is 0 Å². The molecule has 1 N–H and O–H groups in total. The molecule has 0 aliphatic heterocycles. The summed E-state index contributed by atoms with van der Waals surface area (Å²) in [5.74, 6) is 0. The highest BCUT2D eigenvalue weighted by atomic mass is 16.3. The van der Waals surface area contributed by atoms with Crippen LogP contribution in [0, 0.1) is 0 Å². The second kappa shape index (κ2) is 4.75. The van der Waals surface area contributed by atoms with Gasteiger partial charge < -0.3 is 9.67 Å². The lowest BCUT2D eigenvalue weighted by molar-refractivity contribution is 0.280. The third-order valence-electron chi connectivity index (χ3n) is 2.28. The maximum Gasteiger partial charge on any atom is 0.0953 e. The van der Waals surface area contributed by atoms with Gasteiger partial charge in [0.05, 0.1) is 12.0 Å². The number of aliphatic hydroxyl groups is 1. The topological polar surface area (TPSA) is 38.0 Å². The zero-order valence-corrected chi connectivity index (χ0v) is 8.50. The van der Waals surface area contributed by atoms with Crippen LogP contribution in [0.15, 0.2) is 42.9 Å². The van der Waals surface area contributed by atoms with E-state index in [9.17, 15) is 0 Å². The van der Waals surface area contributed by atoms with E-state index in [0.29, 0.717) is 0 Å². The molecule has 3 heteroatoms. The van der Waals surface area contributed by atoms with Crippen molar-refractivity contribution >= 4 is 0 Å². The van der Waals surface area contributed by atoms with Gasteiger partial charge in [-0.3, -0.25) is 0 Å². The summed E-state index contributed by atoms with van der Waals surface area (Å²) >= 11 is 0. The Morgan fingerprint density at radius 3 is 2.73 bits per heavy atom. The van der Waals surface area contributed by atoms with Gasteiger partial charge in [0.2, 0.25) is 0 Å².